The summed E-state index contributed by atoms with van der Waals surface area (Å²) in [6.45, 7) is 9.76. The number of nitrogens with zero attached hydrogens (tertiary/aromatic N) is 1. The Morgan fingerprint density at radius 3 is 2.56 bits per heavy atom. The average molecular weight is 265 g/mol. The standard InChI is InChI=1S/C13H20BNO2S/c1-9(2)15-8-13(3,4)11-7-10(14(16)17)5-6-12(11)18-15/h5-7,9,16-17H,8H2,1-4H3. The monoisotopic (exact) mass is 265 g/mol. The molecule has 5 heteroatoms. The second kappa shape index (κ2) is 4.89. The summed E-state index contributed by atoms with van der Waals surface area (Å²) in [5, 5.41) is 18.5. The molecule has 1 aromatic carbocycles. The normalized spacial score (nSPS) is 18.8. The first-order chi connectivity index (χ1) is 8.31. The maximum atomic E-state index is 9.27. The molecule has 1 heterocycles. The molecule has 0 bridgehead atoms. The number of hydrogen-bond donors (Lipinski definition) is 2. The van der Waals surface area contributed by atoms with Crippen molar-refractivity contribution < 1.29 is 10.0 Å². The van der Waals surface area contributed by atoms with E-state index in [4.69, 9.17) is 0 Å². The summed E-state index contributed by atoms with van der Waals surface area (Å²) in [7, 11) is -1.39. The van der Waals surface area contributed by atoms with E-state index in [0.717, 1.165) is 6.54 Å². The van der Waals surface area contributed by atoms with E-state index in [1.165, 1.54) is 10.5 Å². The van der Waals surface area contributed by atoms with Crippen LogP contribution in [0.5, 0.6) is 0 Å². The minimum Gasteiger partial charge on any atom is -0.423 e. The Bertz CT molecular complexity index is 449. The van der Waals surface area contributed by atoms with E-state index in [9.17, 15) is 10.0 Å². The SMILES string of the molecule is CC(C)N1CC(C)(C)c2cc(B(O)O)ccc2S1. The number of benzene rings is 1. The molecule has 18 heavy (non-hydrogen) atoms. The maximum Gasteiger partial charge on any atom is 0.488 e. The molecule has 98 valence electrons. The van der Waals surface area contributed by atoms with Gasteiger partial charge in [-0.1, -0.05) is 26.0 Å². The highest BCUT2D eigenvalue weighted by Crippen LogP contribution is 2.41. The van der Waals surface area contributed by atoms with Crippen LogP contribution in [-0.4, -0.2) is 34.1 Å². The highest BCUT2D eigenvalue weighted by molar-refractivity contribution is 7.97. The topological polar surface area (TPSA) is 43.7 Å². The van der Waals surface area contributed by atoms with Crippen molar-refractivity contribution in [1.29, 1.82) is 0 Å². The average Bonchev–Trinajstić information content (AvgIpc) is 2.27. The van der Waals surface area contributed by atoms with Crippen molar-refractivity contribution in [3.8, 4) is 0 Å². The van der Waals surface area contributed by atoms with E-state index in [0.29, 0.717) is 11.5 Å². The number of rotatable bonds is 2. The summed E-state index contributed by atoms with van der Waals surface area (Å²) in [5.74, 6) is 0. The smallest absolute Gasteiger partial charge is 0.423 e. The molecule has 0 saturated carbocycles. The fourth-order valence-corrected chi connectivity index (χ4v) is 3.65. The van der Waals surface area contributed by atoms with Gasteiger partial charge in [-0.2, -0.15) is 0 Å². The molecule has 0 radical (unpaired) electrons. The molecule has 0 atom stereocenters. The van der Waals surface area contributed by atoms with Crippen molar-refractivity contribution in [2.24, 2.45) is 0 Å². The van der Waals surface area contributed by atoms with Gasteiger partial charge in [0, 0.05) is 22.9 Å². The molecule has 3 nitrogen and oxygen atoms in total. The first-order valence-corrected chi connectivity index (χ1v) is 7.04. The molecular weight excluding hydrogens is 245 g/mol. The van der Waals surface area contributed by atoms with Crippen LogP contribution in [0.4, 0.5) is 0 Å². The van der Waals surface area contributed by atoms with E-state index >= 15 is 0 Å². The lowest BCUT2D eigenvalue weighted by Crippen LogP contribution is -2.42. The molecule has 1 aromatic rings. The van der Waals surface area contributed by atoms with Gasteiger partial charge in [-0.15, -0.1) is 0 Å². The second-order valence-electron chi connectivity index (χ2n) is 5.77. The van der Waals surface area contributed by atoms with Gasteiger partial charge in [0.25, 0.3) is 0 Å². The second-order valence-corrected chi connectivity index (χ2v) is 6.86. The quantitative estimate of drug-likeness (QED) is 0.626. The molecule has 1 aliphatic heterocycles. The molecule has 2 rings (SSSR count). The van der Waals surface area contributed by atoms with Gasteiger partial charge in [0.05, 0.1) is 0 Å². The van der Waals surface area contributed by atoms with Gasteiger partial charge < -0.3 is 10.0 Å². The fourth-order valence-electron chi connectivity index (χ4n) is 2.24. The van der Waals surface area contributed by atoms with Crippen LogP contribution in [0.25, 0.3) is 0 Å². The third-order valence-electron chi connectivity index (χ3n) is 3.37. The summed E-state index contributed by atoms with van der Waals surface area (Å²) in [6.07, 6.45) is 0. The lowest BCUT2D eigenvalue weighted by molar-refractivity contribution is 0.304. The minimum absolute atomic E-state index is 0.0236. The minimum atomic E-state index is -1.39. The van der Waals surface area contributed by atoms with Gasteiger partial charge in [-0.05, 0) is 42.9 Å². The number of hydrogen-bond acceptors (Lipinski definition) is 4. The fraction of sp³-hybridized carbons (Fsp3) is 0.538. The highest BCUT2D eigenvalue weighted by Gasteiger charge is 2.34. The Kier molecular flexibility index (Phi) is 3.79. The summed E-state index contributed by atoms with van der Waals surface area (Å²) in [5.41, 5.74) is 1.80. The van der Waals surface area contributed by atoms with Crippen LogP contribution in [-0.2, 0) is 5.41 Å². The zero-order chi connectivity index (χ0) is 13.5. The largest absolute Gasteiger partial charge is 0.488 e. The van der Waals surface area contributed by atoms with E-state index in [1.54, 1.807) is 18.0 Å². The van der Waals surface area contributed by atoms with E-state index < -0.39 is 7.12 Å². The van der Waals surface area contributed by atoms with Crippen molar-refractivity contribution >= 4 is 24.5 Å². The van der Waals surface area contributed by atoms with Gasteiger partial charge in [-0.25, -0.2) is 4.31 Å². The molecule has 0 fully saturated rings. The van der Waals surface area contributed by atoms with Gasteiger partial charge >= 0.3 is 7.12 Å². The van der Waals surface area contributed by atoms with Crippen molar-refractivity contribution in [1.82, 2.24) is 4.31 Å². The van der Waals surface area contributed by atoms with Crippen molar-refractivity contribution in [2.75, 3.05) is 6.54 Å². The van der Waals surface area contributed by atoms with Crippen LogP contribution in [0, 0.1) is 0 Å². The van der Waals surface area contributed by atoms with Crippen molar-refractivity contribution in [2.45, 2.75) is 44.0 Å². The first-order valence-electron chi connectivity index (χ1n) is 6.26. The molecule has 2 N–H and O–H groups in total. The van der Waals surface area contributed by atoms with Crippen LogP contribution >= 0.6 is 11.9 Å². The predicted molar refractivity (Wildman–Crippen MR) is 77.0 cm³/mol. The Morgan fingerprint density at radius 2 is 2.00 bits per heavy atom. The van der Waals surface area contributed by atoms with Crippen LogP contribution < -0.4 is 5.46 Å². The molecule has 0 unspecified atom stereocenters. The van der Waals surface area contributed by atoms with Gasteiger partial charge in [0.15, 0.2) is 0 Å². The first kappa shape index (κ1) is 13.9. The van der Waals surface area contributed by atoms with Crippen molar-refractivity contribution in [3.63, 3.8) is 0 Å². The molecule has 0 amide bonds. The summed E-state index contributed by atoms with van der Waals surface area (Å²) >= 11 is 1.76. The molecule has 0 spiro atoms. The van der Waals surface area contributed by atoms with Crippen LogP contribution in [0.15, 0.2) is 23.1 Å². The molecule has 1 aliphatic rings. The van der Waals surface area contributed by atoms with Crippen molar-refractivity contribution in [3.05, 3.63) is 23.8 Å². The molecule has 0 aliphatic carbocycles. The summed E-state index contributed by atoms with van der Waals surface area (Å²) in [4.78, 5) is 1.21. The Labute approximate surface area is 113 Å². The highest BCUT2D eigenvalue weighted by atomic mass is 32.2. The third-order valence-corrected chi connectivity index (χ3v) is 4.71. The zero-order valence-corrected chi connectivity index (χ0v) is 12.2. The molecule has 0 aromatic heterocycles. The summed E-state index contributed by atoms with van der Waals surface area (Å²) in [6, 6.07) is 6.19. The maximum absolute atomic E-state index is 9.27. The van der Waals surface area contributed by atoms with Crippen LogP contribution in [0.1, 0.15) is 33.3 Å². The van der Waals surface area contributed by atoms with Crippen LogP contribution in [0.2, 0.25) is 0 Å². The Balaban J connectivity index is 2.42. The van der Waals surface area contributed by atoms with E-state index in [1.807, 2.05) is 12.1 Å². The Hall–Kier alpha value is -0.485. The van der Waals surface area contributed by atoms with Gasteiger partial charge in [0.2, 0.25) is 0 Å². The van der Waals surface area contributed by atoms with Gasteiger partial charge in [-0.3, -0.25) is 0 Å². The van der Waals surface area contributed by atoms with E-state index in [-0.39, 0.29) is 5.41 Å². The molecular formula is C13H20BNO2S. The third kappa shape index (κ3) is 2.59. The lowest BCUT2D eigenvalue weighted by Gasteiger charge is -2.41. The van der Waals surface area contributed by atoms with Gasteiger partial charge in [0.1, 0.15) is 0 Å². The Morgan fingerprint density at radius 1 is 1.33 bits per heavy atom. The predicted octanol–water partition coefficient (Wildman–Crippen LogP) is 1.38. The zero-order valence-electron chi connectivity index (χ0n) is 11.3. The lowest BCUT2D eigenvalue weighted by atomic mass is 9.75. The molecule has 0 saturated heterocycles. The summed E-state index contributed by atoms with van der Waals surface area (Å²) < 4.78 is 2.37. The van der Waals surface area contributed by atoms with E-state index in [2.05, 4.69) is 32.0 Å². The van der Waals surface area contributed by atoms with Crippen LogP contribution in [0.3, 0.4) is 0 Å². The number of fused-ring (bicyclic) bond motifs is 1.